The van der Waals surface area contributed by atoms with Gasteiger partial charge in [0, 0.05) is 6.54 Å². The molecule has 2 N–H and O–H groups in total. The van der Waals surface area contributed by atoms with Crippen molar-refractivity contribution in [1.82, 2.24) is 0 Å². The predicted octanol–water partition coefficient (Wildman–Crippen LogP) is -0.817. The van der Waals surface area contributed by atoms with Crippen molar-refractivity contribution in [2.75, 3.05) is 23.8 Å². The van der Waals surface area contributed by atoms with Crippen molar-refractivity contribution in [2.24, 2.45) is 5.73 Å². The minimum absolute atomic E-state index is 0.0318. The molecule has 0 aliphatic rings. The van der Waals surface area contributed by atoms with Gasteiger partial charge < -0.3 is 5.73 Å². The van der Waals surface area contributed by atoms with Crippen LogP contribution < -0.4 is 5.73 Å². The Hall–Kier alpha value is -0.140. The van der Waals surface area contributed by atoms with Crippen molar-refractivity contribution in [3.8, 4) is 0 Å². The van der Waals surface area contributed by atoms with Gasteiger partial charge in [-0.15, -0.1) is 0 Å². The van der Waals surface area contributed by atoms with E-state index in [1.165, 1.54) is 13.8 Å². The lowest BCUT2D eigenvalue weighted by Crippen LogP contribution is -2.26. The number of hydrogen-bond donors (Lipinski definition) is 1. The second-order valence-corrected chi connectivity index (χ2v) is 8.34. The Balaban J connectivity index is 4.34. The summed E-state index contributed by atoms with van der Waals surface area (Å²) in [6.07, 6.45) is 0. The zero-order valence-corrected chi connectivity index (χ0v) is 10.1. The van der Waals surface area contributed by atoms with Crippen LogP contribution in [0, 0.1) is 0 Å². The third-order valence-corrected chi connectivity index (χ3v) is 5.98. The van der Waals surface area contributed by atoms with Crippen LogP contribution in [0.1, 0.15) is 13.8 Å². The van der Waals surface area contributed by atoms with Gasteiger partial charge in [0.15, 0.2) is 19.7 Å². The molecule has 14 heavy (non-hydrogen) atoms. The Bertz CT molecular complexity index is 355. The Kier molecular flexibility index (Phi) is 5.03. The lowest BCUT2D eigenvalue weighted by atomic mass is 10.6. The number of nitrogens with two attached hydrogens (primary N) is 1. The maximum absolute atomic E-state index is 11.3. The normalized spacial score (nSPS) is 13.4. The van der Waals surface area contributed by atoms with Crippen molar-refractivity contribution < 1.29 is 16.8 Å². The molecule has 0 saturated heterocycles. The van der Waals surface area contributed by atoms with Crippen molar-refractivity contribution in [3.05, 3.63) is 0 Å². The van der Waals surface area contributed by atoms with Gasteiger partial charge >= 0.3 is 0 Å². The number of sulfone groups is 2. The molecule has 0 aromatic rings. The van der Waals surface area contributed by atoms with Crippen molar-refractivity contribution in [3.63, 3.8) is 0 Å². The summed E-state index contributed by atoms with van der Waals surface area (Å²) in [7, 11) is -6.57. The molecule has 0 rings (SSSR count). The van der Waals surface area contributed by atoms with Crippen LogP contribution in [-0.4, -0.2) is 45.9 Å². The second-order valence-electron chi connectivity index (χ2n) is 3.36. The molecule has 0 fully saturated rings. The maximum atomic E-state index is 11.3. The Morgan fingerprint density at radius 1 is 1.00 bits per heavy atom. The molecule has 0 atom stereocenters. The number of hydrogen-bond acceptors (Lipinski definition) is 5. The van der Waals surface area contributed by atoms with Crippen LogP contribution >= 0.6 is 0 Å². The molecular weight excluding hydrogens is 226 g/mol. The van der Waals surface area contributed by atoms with Crippen LogP contribution in [-0.2, 0) is 19.7 Å². The molecule has 0 radical (unpaired) electrons. The summed E-state index contributed by atoms with van der Waals surface area (Å²) in [6.45, 7) is 3.10. The van der Waals surface area contributed by atoms with E-state index in [1.54, 1.807) is 0 Å². The summed E-state index contributed by atoms with van der Waals surface area (Å²) in [6, 6.07) is 0. The first kappa shape index (κ1) is 13.9. The molecule has 0 heterocycles. The first-order chi connectivity index (χ1) is 6.21. The molecule has 0 bridgehead atoms. The minimum Gasteiger partial charge on any atom is -0.329 e. The van der Waals surface area contributed by atoms with E-state index in [4.69, 9.17) is 5.73 Å². The largest absolute Gasteiger partial charge is 0.329 e. The van der Waals surface area contributed by atoms with Crippen LogP contribution in [0.3, 0.4) is 0 Å². The standard InChI is InChI=1S/C7H17NO4S2/c1-7(2)14(11,12)6-5-13(9,10)4-3-8/h7H,3-6,8H2,1-2H3. The minimum atomic E-state index is -3.30. The first-order valence-corrected chi connectivity index (χ1v) is 7.87. The summed E-state index contributed by atoms with van der Waals surface area (Å²) < 4.78 is 44.9. The Morgan fingerprint density at radius 3 is 1.86 bits per heavy atom. The first-order valence-electron chi connectivity index (χ1n) is 4.33. The second kappa shape index (κ2) is 5.09. The summed E-state index contributed by atoms with van der Waals surface area (Å²) in [5, 5.41) is -0.532. The van der Waals surface area contributed by atoms with Gasteiger partial charge in [-0.3, -0.25) is 0 Å². The fourth-order valence-corrected chi connectivity index (χ4v) is 3.74. The summed E-state index contributed by atoms with van der Waals surface area (Å²) >= 11 is 0. The third kappa shape index (κ3) is 4.92. The molecule has 0 aromatic carbocycles. The van der Waals surface area contributed by atoms with Crippen molar-refractivity contribution in [1.29, 1.82) is 0 Å². The van der Waals surface area contributed by atoms with Gasteiger partial charge in [-0.05, 0) is 13.8 Å². The molecule has 0 saturated carbocycles. The molecule has 0 aliphatic heterocycles. The fourth-order valence-electron chi connectivity index (χ4n) is 0.760. The summed E-state index contributed by atoms with van der Waals surface area (Å²) in [4.78, 5) is 0. The van der Waals surface area contributed by atoms with Crippen LogP contribution in [0.15, 0.2) is 0 Å². The quantitative estimate of drug-likeness (QED) is 0.658. The van der Waals surface area contributed by atoms with Gasteiger partial charge in [0.2, 0.25) is 0 Å². The van der Waals surface area contributed by atoms with E-state index in [1.807, 2.05) is 0 Å². The van der Waals surface area contributed by atoms with E-state index in [0.29, 0.717) is 0 Å². The fraction of sp³-hybridized carbons (Fsp3) is 1.00. The molecule has 0 unspecified atom stereocenters. The summed E-state index contributed by atoms with van der Waals surface area (Å²) in [5.74, 6) is -0.793. The van der Waals surface area contributed by atoms with E-state index >= 15 is 0 Å². The zero-order valence-electron chi connectivity index (χ0n) is 8.43. The Labute approximate surface area is 85.5 Å². The van der Waals surface area contributed by atoms with Crippen LogP contribution in [0.2, 0.25) is 0 Å². The molecular formula is C7H17NO4S2. The van der Waals surface area contributed by atoms with E-state index in [9.17, 15) is 16.8 Å². The highest BCUT2D eigenvalue weighted by molar-refractivity contribution is 7.95. The van der Waals surface area contributed by atoms with E-state index in [-0.39, 0.29) is 23.8 Å². The molecule has 0 amide bonds. The van der Waals surface area contributed by atoms with E-state index < -0.39 is 24.9 Å². The summed E-state index contributed by atoms with van der Waals surface area (Å²) in [5.41, 5.74) is 5.09. The van der Waals surface area contributed by atoms with Gasteiger partial charge in [-0.2, -0.15) is 0 Å². The highest BCUT2D eigenvalue weighted by Gasteiger charge is 2.20. The predicted molar refractivity (Wildman–Crippen MR) is 56.6 cm³/mol. The van der Waals surface area contributed by atoms with Gasteiger partial charge in [-0.1, -0.05) is 0 Å². The average molecular weight is 243 g/mol. The maximum Gasteiger partial charge on any atom is 0.153 e. The highest BCUT2D eigenvalue weighted by Crippen LogP contribution is 2.02. The molecule has 86 valence electrons. The molecule has 0 aromatic heterocycles. The molecule has 0 aliphatic carbocycles. The smallest absolute Gasteiger partial charge is 0.153 e. The van der Waals surface area contributed by atoms with Gasteiger partial charge in [0.1, 0.15) is 0 Å². The van der Waals surface area contributed by atoms with Crippen LogP contribution in [0.4, 0.5) is 0 Å². The monoisotopic (exact) mass is 243 g/mol. The third-order valence-electron chi connectivity index (χ3n) is 1.83. The van der Waals surface area contributed by atoms with E-state index in [0.717, 1.165) is 0 Å². The van der Waals surface area contributed by atoms with Crippen LogP contribution in [0.25, 0.3) is 0 Å². The van der Waals surface area contributed by atoms with Gasteiger partial charge in [0.05, 0.1) is 22.5 Å². The molecule has 0 spiro atoms. The lowest BCUT2D eigenvalue weighted by Gasteiger charge is -2.07. The van der Waals surface area contributed by atoms with Crippen molar-refractivity contribution >= 4 is 19.7 Å². The van der Waals surface area contributed by atoms with Gasteiger partial charge in [0.25, 0.3) is 0 Å². The number of rotatable bonds is 6. The SMILES string of the molecule is CC(C)S(=O)(=O)CCS(=O)(=O)CCN. The molecule has 5 nitrogen and oxygen atoms in total. The van der Waals surface area contributed by atoms with Gasteiger partial charge in [-0.25, -0.2) is 16.8 Å². The zero-order chi connectivity index (χ0) is 11.4. The highest BCUT2D eigenvalue weighted by atomic mass is 32.2. The van der Waals surface area contributed by atoms with E-state index in [2.05, 4.69) is 0 Å². The average Bonchev–Trinajstić information content (AvgIpc) is 2.01. The topological polar surface area (TPSA) is 94.3 Å². The van der Waals surface area contributed by atoms with Crippen LogP contribution in [0.5, 0.6) is 0 Å². The lowest BCUT2D eigenvalue weighted by molar-refractivity contribution is 0.582. The Morgan fingerprint density at radius 2 is 1.50 bits per heavy atom. The van der Waals surface area contributed by atoms with Crippen molar-refractivity contribution in [2.45, 2.75) is 19.1 Å². The molecule has 7 heteroatoms.